The topological polar surface area (TPSA) is 49.4 Å². The Balaban J connectivity index is 1.67. The fourth-order valence-corrected chi connectivity index (χ4v) is 3.07. The Kier molecular flexibility index (Phi) is 3.47. The Labute approximate surface area is 125 Å². The van der Waals surface area contributed by atoms with Gasteiger partial charge in [-0.1, -0.05) is 44.2 Å². The van der Waals surface area contributed by atoms with E-state index in [0.717, 1.165) is 12.0 Å². The van der Waals surface area contributed by atoms with E-state index in [2.05, 4.69) is 19.2 Å². The molecule has 3 rings (SSSR count). The lowest BCUT2D eigenvalue weighted by atomic mass is 10.0. The molecule has 2 atom stereocenters. The van der Waals surface area contributed by atoms with Crippen LogP contribution in [0.2, 0.25) is 0 Å². The maximum Gasteiger partial charge on any atom is 0.245 e. The van der Waals surface area contributed by atoms with Gasteiger partial charge in [0.15, 0.2) is 0 Å². The summed E-state index contributed by atoms with van der Waals surface area (Å²) in [5.41, 5.74) is 1.40. The summed E-state index contributed by atoms with van der Waals surface area (Å²) in [6, 6.07) is 9.41. The zero-order chi connectivity index (χ0) is 15.0. The second-order valence-corrected chi connectivity index (χ2v) is 6.92. The van der Waals surface area contributed by atoms with E-state index in [4.69, 9.17) is 0 Å². The molecule has 1 aromatic carbocycles. The van der Waals surface area contributed by atoms with Crippen molar-refractivity contribution in [2.75, 3.05) is 13.1 Å². The van der Waals surface area contributed by atoms with Crippen LogP contribution in [0.25, 0.3) is 0 Å². The summed E-state index contributed by atoms with van der Waals surface area (Å²) in [5.74, 6) is 0.542. The number of rotatable bonds is 4. The maximum absolute atomic E-state index is 12.6. The second kappa shape index (κ2) is 5.17. The first-order valence-corrected chi connectivity index (χ1v) is 7.58. The van der Waals surface area contributed by atoms with Crippen LogP contribution < -0.4 is 5.32 Å². The van der Waals surface area contributed by atoms with Crippen molar-refractivity contribution >= 4 is 11.8 Å². The summed E-state index contributed by atoms with van der Waals surface area (Å²) in [4.78, 5) is 26.2. The van der Waals surface area contributed by atoms with Gasteiger partial charge in [0.05, 0.1) is 6.54 Å². The maximum atomic E-state index is 12.6. The second-order valence-electron chi connectivity index (χ2n) is 6.92. The van der Waals surface area contributed by atoms with Crippen molar-refractivity contribution in [3.05, 3.63) is 35.9 Å². The third kappa shape index (κ3) is 3.09. The fourth-order valence-electron chi connectivity index (χ4n) is 3.07. The molecule has 0 radical (unpaired) electrons. The first-order chi connectivity index (χ1) is 9.95. The molecule has 21 heavy (non-hydrogen) atoms. The van der Waals surface area contributed by atoms with Crippen LogP contribution in [0.15, 0.2) is 30.3 Å². The van der Waals surface area contributed by atoms with Crippen molar-refractivity contribution in [1.82, 2.24) is 10.2 Å². The van der Waals surface area contributed by atoms with E-state index in [0.29, 0.717) is 24.3 Å². The summed E-state index contributed by atoms with van der Waals surface area (Å²) in [5, 5.41) is 2.83. The zero-order valence-corrected chi connectivity index (χ0v) is 12.6. The first-order valence-electron chi connectivity index (χ1n) is 7.58. The molecular weight excluding hydrogens is 264 g/mol. The number of amides is 2. The van der Waals surface area contributed by atoms with Crippen LogP contribution in [-0.2, 0) is 16.0 Å². The number of carbonyl (C=O) groups is 2. The highest BCUT2D eigenvalue weighted by Crippen LogP contribution is 2.51. The van der Waals surface area contributed by atoms with Gasteiger partial charge in [-0.15, -0.1) is 0 Å². The van der Waals surface area contributed by atoms with Gasteiger partial charge in [-0.25, -0.2) is 0 Å². The lowest BCUT2D eigenvalue weighted by molar-refractivity contribution is -0.144. The summed E-state index contributed by atoms with van der Waals surface area (Å²) < 4.78 is 0. The van der Waals surface area contributed by atoms with Crippen LogP contribution >= 0.6 is 0 Å². The van der Waals surface area contributed by atoms with Crippen molar-refractivity contribution in [1.29, 1.82) is 0 Å². The van der Waals surface area contributed by atoms with Gasteiger partial charge < -0.3 is 10.2 Å². The standard InChI is InChI=1S/C17H22N2O2/c1-17(2)9-13(17)10-19-11-15(20)18-14(16(19)21)8-12-6-4-3-5-7-12/h3-7,13-14H,8-11H2,1-2H3,(H,18,20). The Morgan fingerprint density at radius 1 is 1.24 bits per heavy atom. The highest BCUT2D eigenvalue weighted by molar-refractivity contribution is 5.95. The van der Waals surface area contributed by atoms with E-state index in [1.165, 1.54) is 0 Å². The van der Waals surface area contributed by atoms with Crippen LogP contribution in [0.4, 0.5) is 0 Å². The molecule has 4 heteroatoms. The zero-order valence-electron chi connectivity index (χ0n) is 12.6. The molecule has 4 nitrogen and oxygen atoms in total. The Morgan fingerprint density at radius 2 is 1.90 bits per heavy atom. The van der Waals surface area contributed by atoms with Crippen molar-refractivity contribution in [2.24, 2.45) is 11.3 Å². The van der Waals surface area contributed by atoms with Crippen molar-refractivity contribution in [3.8, 4) is 0 Å². The number of nitrogens with one attached hydrogen (secondary N) is 1. The Hall–Kier alpha value is -1.84. The van der Waals surface area contributed by atoms with Gasteiger partial charge in [-0.05, 0) is 23.3 Å². The first kappa shape index (κ1) is 14.1. The fraction of sp³-hybridized carbons (Fsp3) is 0.529. The number of nitrogens with zero attached hydrogens (tertiary/aromatic N) is 1. The van der Waals surface area contributed by atoms with Crippen LogP contribution in [0.3, 0.4) is 0 Å². The predicted octanol–water partition coefficient (Wildman–Crippen LogP) is 1.60. The minimum atomic E-state index is -0.421. The number of benzene rings is 1. The quantitative estimate of drug-likeness (QED) is 0.914. The molecule has 0 aromatic heterocycles. The molecule has 112 valence electrons. The van der Waals surface area contributed by atoms with E-state index < -0.39 is 6.04 Å². The molecule has 0 bridgehead atoms. The van der Waals surface area contributed by atoms with Gasteiger partial charge in [0, 0.05) is 13.0 Å². The molecule has 1 N–H and O–H groups in total. The van der Waals surface area contributed by atoms with Crippen LogP contribution in [0, 0.1) is 11.3 Å². The predicted molar refractivity (Wildman–Crippen MR) is 80.5 cm³/mol. The molecule has 2 fully saturated rings. The molecule has 2 amide bonds. The molecular formula is C17H22N2O2. The van der Waals surface area contributed by atoms with Crippen LogP contribution in [0.5, 0.6) is 0 Å². The molecule has 1 aliphatic heterocycles. The van der Waals surface area contributed by atoms with Gasteiger partial charge in [0.1, 0.15) is 6.04 Å². The summed E-state index contributed by atoms with van der Waals surface area (Å²) in [7, 11) is 0. The average molecular weight is 286 g/mol. The molecule has 1 saturated carbocycles. The number of hydrogen-bond donors (Lipinski definition) is 1. The van der Waals surface area contributed by atoms with Crippen molar-refractivity contribution < 1.29 is 9.59 Å². The van der Waals surface area contributed by atoms with E-state index in [1.54, 1.807) is 4.90 Å². The van der Waals surface area contributed by atoms with Crippen LogP contribution in [0.1, 0.15) is 25.8 Å². The average Bonchev–Trinajstić information content (AvgIpc) is 3.03. The van der Waals surface area contributed by atoms with E-state index in [9.17, 15) is 9.59 Å². The molecule has 2 aliphatic rings. The normalized spacial score (nSPS) is 27.4. The highest BCUT2D eigenvalue weighted by Gasteiger charge is 2.47. The van der Waals surface area contributed by atoms with Gasteiger partial charge in [-0.2, -0.15) is 0 Å². The molecule has 2 unspecified atom stereocenters. The van der Waals surface area contributed by atoms with E-state index in [1.807, 2.05) is 30.3 Å². The Bertz CT molecular complexity index is 553. The number of piperazine rings is 1. The van der Waals surface area contributed by atoms with Gasteiger partial charge in [0.2, 0.25) is 11.8 Å². The summed E-state index contributed by atoms with van der Waals surface area (Å²) in [6.07, 6.45) is 1.71. The SMILES string of the molecule is CC1(C)CC1CN1CC(=O)NC(Cc2ccccc2)C1=O. The van der Waals surface area contributed by atoms with Gasteiger partial charge in [0.25, 0.3) is 0 Å². The smallest absolute Gasteiger partial charge is 0.245 e. The van der Waals surface area contributed by atoms with E-state index >= 15 is 0 Å². The highest BCUT2D eigenvalue weighted by atomic mass is 16.2. The van der Waals surface area contributed by atoms with Crippen LogP contribution in [-0.4, -0.2) is 35.8 Å². The minimum absolute atomic E-state index is 0.0472. The third-order valence-electron chi connectivity index (χ3n) is 4.72. The van der Waals surface area contributed by atoms with E-state index in [-0.39, 0.29) is 18.4 Å². The summed E-state index contributed by atoms with van der Waals surface area (Å²) in [6.45, 7) is 5.35. The van der Waals surface area contributed by atoms with Crippen molar-refractivity contribution in [2.45, 2.75) is 32.7 Å². The number of hydrogen-bond acceptors (Lipinski definition) is 2. The van der Waals surface area contributed by atoms with Gasteiger partial charge >= 0.3 is 0 Å². The summed E-state index contributed by atoms with van der Waals surface area (Å²) >= 11 is 0. The number of carbonyl (C=O) groups excluding carboxylic acids is 2. The largest absolute Gasteiger partial charge is 0.342 e. The van der Waals surface area contributed by atoms with Gasteiger partial charge in [-0.3, -0.25) is 9.59 Å². The lowest BCUT2D eigenvalue weighted by Crippen LogP contribution is -2.59. The lowest BCUT2D eigenvalue weighted by Gasteiger charge is -2.33. The third-order valence-corrected chi connectivity index (χ3v) is 4.72. The molecule has 1 heterocycles. The monoisotopic (exact) mass is 286 g/mol. The minimum Gasteiger partial charge on any atom is -0.342 e. The molecule has 1 saturated heterocycles. The molecule has 1 aliphatic carbocycles. The molecule has 1 aromatic rings. The molecule has 0 spiro atoms. The van der Waals surface area contributed by atoms with Crippen molar-refractivity contribution in [3.63, 3.8) is 0 Å². The Morgan fingerprint density at radius 3 is 2.52 bits per heavy atom.